The maximum Gasteiger partial charge on any atom is 0.227 e. The SMILES string of the molecule is CC[C@@H](C)[C@@H](CO)NC(=O)[C@H]1CC(=O)N(c2ccccc2)C1. The van der Waals surface area contributed by atoms with Crippen LogP contribution in [-0.2, 0) is 9.59 Å². The van der Waals surface area contributed by atoms with Gasteiger partial charge >= 0.3 is 0 Å². The zero-order valence-electron chi connectivity index (χ0n) is 13.2. The van der Waals surface area contributed by atoms with E-state index in [0.29, 0.717) is 6.54 Å². The molecule has 0 radical (unpaired) electrons. The zero-order chi connectivity index (χ0) is 16.1. The number of hydrogen-bond donors (Lipinski definition) is 2. The van der Waals surface area contributed by atoms with Crippen molar-refractivity contribution in [1.82, 2.24) is 5.32 Å². The molecule has 1 aliphatic rings. The monoisotopic (exact) mass is 304 g/mol. The van der Waals surface area contributed by atoms with Crippen molar-refractivity contribution in [3.63, 3.8) is 0 Å². The van der Waals surface area contributed by atoms with Crippen LogP contribution in [0.25, 0.3) is 0 Å². The molecule has 3 atom stereocenters. The first kappa shape index (κ1) is 16.5. The smallest absolute Gasteiger partial charge is 0.227 e. The lowest BCUT2D eigenvalue weighted by Crippen LogP contribution is -2.45. The molecule has 0 unspecified atom stereocenters. The third-order valence-corrected chi connectivity index (χ3v) is 4.42. The topological polar surface area (TPSA) is 69.6 Å². The Hall–Kier alpha value is -1.88. The quantitative estimate of drug-likeness (QED) is 0.838. The van der Waals surface area contributed by atoms with Gasteiger partial charge in [0.2, 0.25) is 11.8 Å². The lowest BCUT2D eigenvalue weighted by molar-refractivity contribution is -0.127. The van der Waals surface area contributed by atoms with Gasteiger partial charge in [0.25, 0.3) is 0 Å². The number of nitrogens with zero attached hydrogens (tertiary/aromatic N) is 1. The van der Waals surface area contributed by atoms with E-state index in [0.717, 1.165) is 12.1 Å². The number of anilines is 1. The Labute approximate surface area is 131 Å². The molecule has 0 aliphatic carbocycles. The van der Waals surface area contributed by atoms with E-state index in [1.165, 1.54) is 0 Å². The van der Waals surface area contributed by atoms with E-state index < -0.39 is 0 Å². The summed E-state index contributed by atoms with van der Waals surface area (Å²) in [5.74, 6) is -0.330. The van der Waals surface area contributed by atoms with Gasteiger partial charge in [-0.05, 0) is 18.1 Å². The zero-order valence-corrected chi connectivity index (χ0v) is 13.2. The maximum atomic E-state index is 12.4. The Morgan fingerprint density at radius 2 is 2.09 bits per heavy atom. The van der Waals surface area contributed by atoms with E-state index in [2.05, 4.69) is 5.32 Å². The van der Waals surface area contributed by atoms with Crippen molar-refractivity contribution in [3.8, 4) is 0 Å². The molecule has 1 aromatic rings. The number of benzene rings is 1. The standard InChI is InChI=1S/C17H24N2O3/c1-3-12(2)15(11-20)18-17(22)13-9-16(21)19(10-13)14-7-5-4-6-8-14/h4-8,12-13,15,20H,3,9-11H2,1-2H3,(H,18,22)/t12-,13+,15-/m1/s1. The fraction of sp³-hybridized carbons (Fsp3) is 0.529. The van der Waals surface area contributed by atoms with Crippen molar-refractivity contribution in [2.75, 3.05) is 18.1 Å². The highest BCUT2D eigenvalue weighted by Crippen LogP contribution is 2.25. The minimum Gasteiger partial charge on any atom is -0.394 e. The van der Waals surface area contributed by atoms with Crippen LogP contribution < -0.4 is 10.2 Å². The molecule has 0 bridgehead atoms. The third kappa shape index (κ3) is 3.65. The van der Waals surface area contributed by atoms with Gasteiger partial charge in [-0.1, -0.05) is 38.5 Å². The van der Waals surface area contributed by atoms with E-state index in [9.17, 15) is 14.7 Å². The number of para-hydroxylation sites is 1. The van der Waals surface area contributed by atoms with Crippen LogP contribution in [0.15, 0.2) is 30.3 Å². The van der Waals surface area contributed by atoms with Crippen molar-refractivity contribution in [2.45, 2.75) is 32.7 Å². The molecule has 1 saturated heterocycles. The molecule has 1 fully saturated rings. The second-order valence-electron chi connectivity index (χ2n) is 5.92. The predicted octanol–water partition coefficient (Wildman–Crippen LogP) is 1.56. The van der Waals surface area contributed by atoms with Gasteiger partial charge in [-0.3, -0.25) is 9.59 Å². The van der Waals surface area contributed by atoms with Crippen molar-refractivity contribution in [2.24, 2.45) is 11.8 Å². The fourth-order valence-corrected chi connectivity index (χ4v) is 2.69. The Morgan fingerprint density at radius 1 is 1.41 bits per heavy atom. The largest absolute Gasteiger partial charge is 0.394 e. The molecule has 5 nitrogen and oxygen atoms in total. The molecule has 0 aromatic heterocycles. The van der Waals surface area contributed by atoms with Gasteiger partial charge in [0.05, 0.1) is 18.6 Å². The summed E-state index contributed by atoms with van der Waals surface area (Å²) in [7, 11) is 0. The molecule has 22 heavy (non-hydrogen) atoms. The summed E-state index contributed by atoms with van der Waals surface area (Å²) in [6.45, 7) is 4.34. The second kappa shape index (κ2) is 7.40. The van der Waals surface area contributed by atoms with E-state index in [1.54, 1.807) is 4.90 Å². The van der Waals surface area contributed by atoms with Crippen LogP contribution in [0.3, 0.4) is 0 Å². The number of nitrogens with one attached hydrogen (secondary N) is 1. The third-order valence-electron chi connectivity index (χ3n) is 4.42. The highest BCUT2D eigenvalue weighted by Gasteiger charge is 2.36. The van der Waals surface area contributed by atoms with Gasteiger partial charge in [0.1, 0.15) is 0 Å². The van der Waals surface area contributed by atoms with Crippen molar-refractivity contribution in [1.29, 1.82) is 0 Å². The Balaban J connectivity index is 1.99. The number of amides is 2. The highest BCUT2D eigenvalue weighted by molar-refractivity contribution is 6.00. The summed E-state index contributed by atoms with van der Waals surface area (Å²) in [6.07, 6.45) is 1.10. The minimum atomic E-state index is -0.356. The van der Waals surface area contributed by atoms with E-state index in [1.807, 2.05) is 44.2 Å². The summed E-state index contributed by atoms with van der Waals surface area (Å²) < 4.78 is 0. The number of carbonyl (C=O) groups excluding carboxylic acids is 2. The first-order chi connectivity index (χ1) is 10.6. The average Bonchev–Trinajstić information content (AvgIpc) is 2.94. The normalized spacial score (nSPS) is 20.8. The van der Waals surface area contributed by atoms with Crippen LogP contribution in [0, 0.1) is 11.8 Å². The van der Waals surface area contributed by atoms with Crippen LogP contribution in [-0.4, -0.2) is 36.1 Å². The van der Waals surface area contributed by atoms with Gasteiger partial charge in [-0.2, -0.15) is 0 Å². The lowest BCUT2D eigenvalue weighted by atomic mass is 9.98. The molecular formula is C17H24N2O3. The Morgan fingerprint density at radius 3 is 2.68 bits per heavy atom. The molecule has 2 amide bonds. The molecule has 2 N–H and O–H groups in total. The van der Waals surface area contributed by atoms with Gasteiger partial charge in [-0.25, -0.2) is 0 Å². The van der Waals surface area contributed by atoms with E-state index in [4.69, 9.17) is 0 Å². The Bertz CT molecular complexity index is 518. The molecular weight excluding hydrogens is 280 g/mol. The summed E-state index contributed by atoms with van der Waals surface area (Å²) >= 11 is 0. The van der Waals surface area contributed by atoms with Gasteiger partial charge in [0, 0.05) is 18.7 Å². The lowest BCUT2D eigenvalue weighted by Gasteiger charge is -2.24. The average molecular weight is 304 g/mol. The van der Waals surface area contributed by atoms with E-state index >= 15 is 0 Å². The first-order valence-electron chi connectivity index (χ1n) is 7.83. The highest BCUT2D eigenvalue weighted by atomic mass is 16.3. The molecule has 0 saturated carbocycles. The molecule has 1 aliphatic heterocycles. The molecule has 2 rings (SSSR count). The minimum absolute atomic E-state index is 0.0320. The molecule has 5 heteroatoms. The maximum absolute atomic E-state index is 12.4. The molecule has 0 spiro atoms. The van der Waals surface area contributed by atoms with Crippen molar-refractivity contribution >= 4 is 17.5 Å². The second-order valence-corrected chi connectivity index (χ2v) is 5.92. The van der Waals surface area contributed by atoms with Crippen LogP contribution >= 0.6 is 0 Å². The number of carbonyl (C=O) groups is 2. The Kier molecular flexibility index (Phi) is 5.55. The van der Waals surface area contributed by atoms with Crippen molar-refractivity contribution in [3.05, 3.63) is 30.3 Å². The number of aliphatic hydroxyl groups excluding tert-OH is 1. The van der Waals surface area contributed by atoms with Gasteiger partial charge < -0.3 is 15.3 Å². The predicted molar refractivity (Wildman–Crippen MR) is 85.4 cm³/mol. The molecule has 120 valence electrons. The fourth-order valence-electron chi connectivity index (χ4n) is 2.69. The summed E-state index contributed by atoms with van der Waals surface area (Å²) in [5, 5.41) is 12.3. The van der Waals surface area contributed by atoms with Crippen LogP contribution in [0.2, 0.25) is 0 Å². The molecule has 1 heterocycles. The van der Waals surface area contributed by atoms with Crippen molar-refractivity contribution < 1.29 is 14.7 Å². The summed E-state index contributed by atoms with van der Waals surface area (Å²) in [4.78, 5) is 26.1. The first-order valence-corrected chi connectivity index (χ1v) is 7.83. The van der Waals surface area contributed by atoms with E-state index in [-0.39, 0.29) is 42.7 Å². The number of rotatable bonds is 6. The van der Waals surface area contributed by atoms with Crippen LogP contribution in [0.1, 0.15) is 26.7 Å². The summed E-state index contributed by atoms with van der Waals surface area (Å²) in [6, 6.07) is 9.13. The van der Waals surface area contributed by atoms with Crippen LogP contribution in [0.4, 0.5) is 5.69 Å². The van der Waals surface area contributed by atoms with Gasteiger partial charge in [0.15, 0.2) is 0 Å². The molecule has 1 aromatic carbocycles. The van der Waals surface area contributed by atoms with Gasteiger partial charge in [-0.15, -0.1) is 0 Å². The summed E-state index contributed by atoms with van der Waals surface area (Å²) in [5.41, 5.74) is 0.823. The number of aliphatic hydroxyl groups is 1. The van der Waals surface area contributed by atoms with Crippen LogP contribution in [0.5, 0.6) is 0 Å². The number of hydrogen-bond acceptors (Lipinski definition) is 3.